The fraction of sp³-hybridized carbons (Fsp3) is 0.308. The Hall–Kier alpha value is -3.60. The fourth-order valence-electron chi connectivity index (χ4n) is 4.85. The summed E-state index contributed by atoms with van der Waals surface area (Å²) in [5.41, 5.74) is 11.0. The lowest BCUT2D eigenvalue weighted by Gasteiger charge is -2.39. The number of hydrogen-bond donors (Lipinski definition) is 3. The van der Waals surface area contributed by atoms with Crippen LogP contribution in [-0.2, 0) is 12.8 Å². The molecular formula is C26H29Cl2N9O. The number of hydrogen-bond acceptors (Lipinski definition) is 7. The molecule has 10 nitrogen and oxygen atoms in total. The topological polar surface area (TPSA) is 132 Å². The van der Waals surface area contributed by atoms with Gasteiger partial charge < -0.3 is 16.1 Å². The average molecular weight is 554 g/mol. The van der Waals surface area contributed by atoms with Crippen molar-refractivity contribution in [3.05, 3.63) is 86.9 Å². The van der Waals surface area contributed by atoms with Crippen molar-refractivity contribution in [2.45, 2.75) is 45.6 Å². The number of aryl methyl sites for hydroxylation is 3. The predicted octanol–water partition coefficient (Wildman–Crippen LogP) is 3.49. The maximum Gasteiger partial charge on any atom is 0.255 e. The molecule has 1 unspecified atom stereocenters. The molecule has 5 N–H and O–H groups in total. The summed E-state index contributed by atoms with van der Waals surface area (Å²) >= 11 is 13.2. The lowest BCUT2D eigenvalue weighted by Crippen LogP contribution is -2.56. The number of fused-ring (bicyclic) bond motifs is 3. The normalized spacial score (nSPS) is 17.5. The molecule has 1 amide bonds. The summed E-state index contributed by atoms with van der Waals surface area (Å²) in [4.78, 5) is 17.9. The molecule has 0 bridgehead atoms. The zero-order chi connectivity index (χ0) is 27.2. The molecule has 0 radical (unpaired) electrons. The van der Waals surface area contributed by atoms with E-state index in [4.69, 9.17) is 39.9 Å². The number of nitrogens with two attached hydrogens (primary N) is 2. The summed E-state index contributed by atoms with van der Waals surface area (Å²) in [5.74, 6) is 6.24. The van der Waals surface area contributed by atoms with Gasteiger partial charge in [0.15, 0.2) is 0 Å². The molecule has 1 atom stereocenters. The van der Waals surface area contributed by atoms with Crippen molar-refractivity contribution < 1.29 is 4.79 Å². The van der Waals surface area contributed by atoms with Crippen LogP contribution in [-0.4, -0.2) is 47.4 Å². The molecule has 0 fully saturated rings. The minimum Gasteiger partial charge on any atom is -0.399 e. The molecule has 1 aliphatic carbocycles. The molecular weight excluding hydrogens is 525 g/mol. The van der Waals surface area contributed by atoms with Crippen molar-refractivity contribution in [3.63, 3.8) is 0 Å². The largest absolute Gasteiger partial charge is 0.399 e. The lowest BCUT2D eigenvalue weighted by molar-refractivity contribution is 0.0904. The maximum absolute atomic E-state index is 13.8. The first-order chi connectivity index (χ1) is 18.1. The number of rotatable bonds is 6. The monoisotopic (exact) mass is 553 g/mol. The molecule has 38 heavy (non-hydrogen) atoms. The smallest absolute Gasteiger partial charge is 0.255 e. The van der Waals surface area contributed by atoms with Gasteiger partial charge in [0.05, 0.1) is 43.7 Å². The minimum absolute atomic E-state index is 0.155. The van der Waals surface area contributed by atoms with E-state index in [0.717, 1.165) is 22.3 Å². The first-order valence-corrected chi connectivity index (χ1v) is 13.0. The van der Waals surface area contributed by atoms with Gasteiger partial charge in [-0.3, -0.25) is 4.79 Å². The standard InChI is InChI=1S/C26H29Cl2N9O/c1-4-35(30)13-23(29)26(8-7-21-18(11-26)22-6-5-15(2)12-36(22)34-21)32-25(38)24-19(27)9-17(10-20(24)28)37-14-31-16(3)33-37/h5-6,9-10,12-14H,4,7-8,11,29-30H2,1-3H3,(H,32,38)/b23-13-. The Labute approximate surface area is 230 Å². The van der Waals surface area contributed by atoms with Gasteiger partial charge in [0.1, 0.15) is 12.2 Å². The van der Waals surface area contributed by atoms with Crippen molar-refractivity contribution in [3.8, 4) is 5.69 Å². The summed E-state index contributed by atoms with van der Waals surface area (Å²) in [6.07, 6.45) is 6.80. The number of carbonyl (C=O) groups excluding carboxylic acids is 1. The van der Waals surface area contributed by atoms with Gasteiger partial charge in [-0.25, -0.2) is 20.0 Å². The highest BCUT2D eigenvalue weighted by atomic mass is 35.5. The number of nitrogens with zero attached hydrogens (tertiary/aromatic N) is 6. The minimum atomic E-state index is -0.931. The number of halogens is 2. The highest BCUT2D eigenvalue weighted by Gasteiger charge is 2.41. The van der Waals surface area contributed by atoms with Crippen LogP contribution in [0.4, 0.5) is 0 Å². The highest BCUT2D eigenvalue weighted by Crippen LogP contribution is 2.36. The van der Waals surface area contributed by atoms with E-state index in [1.165, 1.54) is 5.01 Å². The van der Waals surface area contributed by atoms with Crippen LogP contribution >= 0.6 is 23.2 Å². The first kappa shape index (κ1) is 26.0. The second-order valence-electron chi connectivity index (χ2n) is 9.61. The lowest BCUT2D eigenvalue weighted by atomic mass is 9.77. The van der Waals surface area contributed by atoms with E-state index in [-0.39, 0.29) is 15.6 Å². The van der Waals surface area contributed by atoms with Crippen molar-refractivity contribution in [1.82, 2.24) is 34.7 Å². The molecule has 1 aromatic carbocycles. The van der Waals surface area contributed by atoms with E-state index < -0.39 is 11.4 Å². The van der Waals surface area contributed by atoms with Crippen LogP contribution in [0.5, 0.6) is 0 Å². The average Bonchev–Trinajstić information content (AvgIpc) is 3.45. The predicted molar refractivity (Wildman–Crippen MR) is 147 cm³/mol. The molecule has 3 aromatic heterocycles. The third-order valence-corrected chi connectivity index (χ3v) is 7.53. The van der Waals surface area contributed by atoms with E-state index in [9.17, 15) is 4.79 Å². The summed E-state index contributed by atoms with van der Waals surface area (Å²) in [6, 6.07) is 7.35. The number of hydrazine groups is 1. The Bertz CT molecular complexity index is 1550. The summed E-state index contributed by atoms with van der Waals surface area (Å²) in [7, 11) is 0. The molecule has 0 spiro atoms. The van der Waals surface area contributed by atoms with Gasteiger partial charge >= 0.3 is 0 Å². The maximum atomic E-state index is 13.8. The van der Waals surface area contributed by atoms with E-state index >= 15 is 0 Å². The number of benzene rings is 1. The van der Waals surface area contributed by atoms with Crippen LogP contribution in [0.3, 0.4) is 0 Å². The van der Waals surface area contributed by atoms with Crippen LogP contribution in [0.15, 0.2) is 48.7 Å². The SMILES string of the molecule is CCN(N)/C=C(\N)C1(NC(=O)c2c(Cl)cc(-n3cnc(C)n3)cc2Cl)CCc2nn3cc(C)ccc3c2C1. The first-order valence-electron chi connectivity index (χ1n) is 12.3. The van der Waals surface area contributed by atoms with Gasteiger partial charge in [0, 0.05) is 30.9 Å². The van der Waals surface area contributed by atoms with Gasteiger partial charge in [-0.05, 0) is 57.4 Å². The molecule has 0 saturated carbocycles. The van der Waals surface area contributed by atoms with Crippen molar-refractivity contribution in [2.24, 2.45) is 11.6 Å². The molecule has 5 rings (SSSR count). The summed E-state index contributed by atoms with van der Waals surface area (Å²) in [5, 5.41) is 14.1. The van der Waals surface area contributed by atoms with Crippen molar-refractivity contribution in [2.75, 3.05) is 6.54 Å². The zero-order valence-electron chi connectivity index (χ0n) is 21.4. The molecule has 12 heteroatoms. The highest BCUT2D eigenvalue weighted by molar-refractivity contribution is 6.40. The van der Waals surface area contributed by atoms with Crippen molar-refractivity contribution >= 4 is 34.6 Å². The van der Waals surface area contributed by atoms with Crippen LogP contribution in [0, 0.1) is 13.8 Å². The van der Waals surface area contributed by atoms with Gasteiger partial charge in [-0.15, -0.1) is 0 Å². The number of aromatic nitrogens is 5. The number of pyridine rings is 1. The number of carbonyl (C=O) groups is 1. The van der Waals surface area contributed by atoms with E-state index in [1.807, 2.05) is 36.7 Å². The van der Waals surface area contributed by atoms with E-state index in [0.29, 0.717) is 43.0 Å². The third kappa shape index (κ3) is 4.70. The molecule has 3 heterocycles. The van der Waals surface area contributed by atoms with Crippen LogP contribution < -0.4 is 16.9 Å². The second-order valence-corrected chi connectivity index (χ2v) is 10.4. The van der Waals surface area contributed by atoms with Crippen LogP contribution in [0.25, 0.3) is 11.2 Å². The molecule has 1 aliphatic rings. The van der Waals surface area contributed by atoms with Gasteiger partial charge in [-0.2, -0.15) is 10.2 Å². The number of amides is 1. The zero-order valence-corrected chi connectivity index (χ0v) is 22.9. The molecule has 4 aromatic rings. The quantitative estimate of drug-likeness (QED) is 0.246. The Morgan fingerprint density at radius 1 is 1.24 bits per heavy atom. The van der Waals surface area contributed by atoms with Crippen LogP contribution in [0.2, 0.25) is 10.0 Å². The molecule has 198 valence electrons. The molecule has 0 aliphatic heterocycles. The van der Waals surface area contributed by atoms with Gasteiger partial charge in [0.2, 0.25) is 0 Å². The Morgan fingerprint density at radius 2 is 1.97 bits per heavy atom. The Morgan fingerprint density at radius 3 is 2.63 bits per heavy atom. The Kier molecular flexibility index (Phi) is 6.81. The van der Waals surface area contributed by atoms with Crippen LogP contribution in [0.1, 0.15) is 46.3 Å². The molecule has 0 saturated heterocycles. The third-order valence-electron chi connectivity index (χ3n) is 6.93. The second kappa shape index (κ2) is 9.94. The van der Waals surface area contributed by atoms with Gasteiger partial charge in [-0.1, -0.05) is 29.3 Å². The Balaban J connectivity index is 1.54. The number of nitrogens with one attached hydrogen (secondary N) is 1. The summed E-state index contributed by atoms with van der Waals surface area (Å²) < 4.78 is 3.44. The van der Waals surface area contributed by atoms with E-state index in [1.54, 1.807) is 36.3 Å². The van der Waals surface area contributed by atoms with Gasteiger partial charge in [0.25, 0.3) is 5.91 Å². The van der Waals surface area contributed by atoms with Crippen molar-refractivity contribution in [1.29, 1.82) is 0 Å². The van der Waals surface area contributed by atoms with E-state index in [2.05, 4.69) is 15.4 Å². The fourth-order valence-corrected chi connectivity index (χ4v) is 5.49. The summed E-state index contributed by atoms with van der Waals surface area (Å²) in [6.45, 7) is 6.27.